The third-order valence-electron chi connectivity index (χ3n) is 1.81. The molecule has 2 heterocycles. The van der Waals surface area contributed by atoms with Crippen molar-refractivity contribution in [3.63, 3.8) is 0 Å². The predicted molar refractivity (Wildman–Crippen MR) is 53.2 cm³/mol. The van der Waals surface area contributed by atoms with E-state index in [1.54, 1.807) is 19.5 Å². The Morgan fingerprint density at radius 1 is 1.47 bits per heavy atom. The normalized spacial score (nSPS) is 10.5. The Morgan fingerprint density at radius 2 is 2.33 bits per heavy atom. The molecule has 0 spiro atoms. The summed E-state index contributed by atoms with van der Waals surface area (Å²) in [6.07, 6.45) is 3.26. The standard InChI is InChI=1S/C9H10N4O2/c1-15-5-6-4-7(14)13-9(12-6)8-10-2-3-11-8/h2-4H,5H2,1H3,(H,10,11)(H,12,13,14). The number of ether oxygens (including phenoxy) is 1. The number of hydrogen-bond donors (Lipinski definition) is 2. The molecule has 0 amide bonds. The van der Waals surface area contributed by atoms with Gasteiger partial charge in [0, 0.05) is 25.6 Å². The van der Waals surface area contributed by atoms with Crippen LogP contribution in [0.25, 0.3) is 11.6 Å². The Kier molecular flexibility index (Phi) is 2.59. The molecule has 0 aliphatic carbocycles. The maximum atomic E-state index is 11.3. The number of aromatic amines is 2. The molecule has 2 rings (SSSR count). The van der Waals surface area contributed by atoms with E-state index in [0.29, 0.717) is 23.9 Å². The number of imidazole rings is 1. The first kappa shape index (κ1) is 9.60. The molecule has 0 aromatic carbocycles. The highest BCUT2D eigenvalue weighted by molar-refractivity contribution is 5.41. The fourth-order valence-electron chi connectivity index (χ4n) is 1.24. The smallest absolute Gasteiger partial charge is 0.251 e. The second-order valence-electron chi connectivity index (χ2n) is 2.96. The molecule has 0 aliphatic heterocycles. The molecule has 78 valence electrons. The minimum absolute atomic E-state index is 0.219. The van der Waals surface area contributed by atoms with Crippen molar-refractivity contribution in [1.29, 1.82) is 0 Å². The molecule has 0 radical (unpaired) electrons. The van der Waals surface area contributed by atoms with E-state index in [1.165, 1.54) is 6.07 Å². The van der Waals surface area contributed by atoms with E-state index in [-0.39, 0.29) is 5.56 Å². The van der Waals surface area contributed by atoms with E-state index < -0.39 is 0 Å². The van der Waals surface area contributed by atoms with Crippen LogP contribution in [0.15, 0.2) is 23.3 Å². The fraction of sp³-hybridized carbons (Fsp3) is 0.222. The van der Waals surface area contributed by atoms with Crippen LogP contribution in [-0.2, 0) is 11.3 Å². The molecule has 0 bridgehead atoms. The van der Waals surface area contributed by atoms with Crippen molar-refractivity contribution in [3.05, 3.63) is 34.5 Å². The zero-order chi connectivity index (χ0) is 10.7. The molecule has 6 heteroatoms. The van der Waals surface area contributed by atoms with Crippen LogP contribution in [0.2, 0.25) is 0 Å². The molecule has 0 atom stereocenters. The van der Waals surface area contributed by atoms with Gasteiger partial charge >= 0.3 is 0 Å². The highest BCUT2D eigenvalue weighted by Crippen LogP contribution is 2.06. The molecule has 6 nitrogen and oxygen atoms in total. The van der Waals surface area contributed by atoms with Crippen molar-refractivity contribution in [1.82, 2.24) is 19.9 Å². The van der Waals surface area contributed by atoms with Crippen LogP contribution in [0.3, 0.4) is 0 Å². The van der Waals surface area contributed by atoms with Crippen molar-refractivity contribution in [2.75, 3.05) is 7.11 Å². The van der Waals surface area contributed by atoms with Crippen LogP contribution in [-0.4, -0.2) is 27.0 Å². The molecule has 0 fully saturated rings. The summed E-state index contributed by atoms with van der Waals surface area (Å²) in [5.74, 6) is 0.949. The highest BCUT2D eigenvalue weighted by atomic mass is 16.5. The lowest BCUT2D eigenvalue weighted by Crippen LogP contribution is -2.11. The molecule has 0 aliphatic rings. The first-order valence-corrected chi connectivity index (χ1v) is 4.38. The summed E-state index contributed by atoms with van der Waals surface area (Å²) >= 11 is 0. The van der Waals surface area contributed by atoms with Gasteiger partial charge in [-0.3, -0.25) is 4.79 Å². The van der Waals surface area contributed by atoms with Gasteiger partial charge in [-0.25, -0.2) is 9.97 Å². The van der Waals surface area contributed by atoms with Gasteiger partial charge in [-0.05, 0) is 0 Å². The van der Waals surface area contributed by atoms with Crippen molar-refractivity contribution in [3.8, 4) is 11.6 Å². The Bertz CT molecular complexity index is 489. The Balaban J connectivity index is 2.44. The van der Waals surface area contributed by atoms with Gasteiger partial charge in [-0.1, -0.05) is 0 Å². The molecule has 0 saturated carbocycles. The van der Waals surface area contributed by atoms with Crippen LogP contribution in [0.1, 0.15) is 5.69 Å². The average molecular weight is 206 g/mol. The van der Waals surface area contributed by atoms with E-state index in [1.807, 2.05) is 0 Å². The molecule has 2 aromatic rings. The molecule has 0 unspecified atom stereocenters. The average Bonchev–Trinajstić information content (AvgIpc) is 2.70. The predicted octanol–water partition coefficient (Wildman–Crippen LogP) is 0.306. The summed E-state index contributed by atoms with van der Waals surface area (Å²) in [5.41, 5.74) is 0.358. The summed E-state index contributed by atoms with van der Waals surface area (Å²) in [7, 11) is 1.55. The maximum absolute atomic E-state index is 11.3. The van der Waals surface area contributed by atoms with Gasteiger partial charge in [0.05, 0.1) is 12.3 Å². The summed E-state index contributed by atoms with van der Waals surface area (Å²) < 4.78 is 4.91. The van der Waals surface area contributed by atoms with Crippen LogP contribution in [0.5, 0.6) is 0 Å². The molecule has 15 heavy (non-hydrogen) atoms. The minimum Gasteiger partial charge on any atom is -0.378 e. The van der Waals surface area contributed by atoms with Crippen molar-refractivity contribution in [2.45, 2.75) is 6.61 Å². The van der Waals surface area contributed by atoms with E-state index in [9.17, 15) is 4.79 Å². The third-order valence-corrected chi connectivity index (χ3v) is 1.81. The lowest BCUT2D eigenvalue weighted by molar-refractivity contribution is 0.181. The fourth-order valence-corrected chi connectivity index (χ4v) is 1.24. The van der Waals surface area contributed by atoms with Crippen molar-refractivity contribution < 1.29 is 4.74 Å². The van der Waals surface area contributed by atoms with Crippen LogP contribution in [0, 0.1) is 0 Å². The summed E-state index contributed by atoms with van der Waals surface area (Å²) in [4.78, 5) is 24.9. The monoisotopic (exact) mass is 206 g/mol. The first-order chi connectivity index (χ1) is 7.29. The van der Waals surface area contributed by atoms with E-state index in [2.05, 4.69) is 19.9 Å². The molecule has 2 aromatic heterocycles. The van der Waals surface area contributed by atoms with Gasteiger partial charge in [0.15, 0.2) is 11.6 Å². The van der Waals surface area contributed by atoms with Crippen LogP contribution >= 0.6 is 0 Å². The van der Waals surface area contributed by atoms with Crippen LogP contribution in [0.4, 0.5) is 0 Å². The van der Waals surface area contributed by atoms with Gasteiger partial charge in [0.2, 0.25) is 0 Å². The maximum Gasteiger partial charge on any atom is 0.251 e. The van der Waals surface area contributed by atoms with Gasteiger partial charge in [-0.15, -0.1) is 0 Å². The van der Waals surface area contributed by atoms with Crippen molar-refractivity contribution >= 4 is 0 Å². The van der Waals surface area contributed by atoms with E-state index >= 15 is 0 Å². The number of nitrogens with zero attached hydrogens (tertiary/aromatic N) is 2. The first-order valence-electron chi connectivity index (χ1n) is 4.38. The number of rotatable bonds is 3. The molecular weight excluding hydrogens is 196 g/mol. The molecule has 0 saturated heterocycles. The molecular formula is C9H10N4O2. The number of H-pyrrole nitrogens is 2. The lowest BCUT2D eigenvalue weighted by atomic mass is 10.4. The minimum atomic E-state index is -0.219. The topological polar surface area (TPSA) is 83.7 Å². The second-order valence-corrected chi connectivity index (χ2v) is 2.96. The summed E-state index contributed by atoms with van der Waals surface area (Å²) in [6, 6.07) is 1.40. The summed E-state index contributed by atoms with van der Waals surface area (Å²) in [5, 5.41) is 0. The van der Waals surface area contributed by atoms with Gasteiger partial charge < -0.3 is 14.7 Å². The largest absolute Gasteiger partial charge is 0.378 e. The summed E-state index contributed by atoms with van der Waals surface area (Å²) in [6.45, 7) is 0.303. The van der Waals surface area contributed by atoms with Gasteiger partial charge in [-0.2, -0.15) is 0 Å². The van der Waals surface area contributed by atoms with E-state index in [0.717, 1.165) is 0 Å². The quantitative estimate of drug-likeness (QED) is 0.756. The number of aromatic nitrogens is 4. The number of methoxy groups -OCH3 is 1. The number of hydrogen-bond acceptors (Lipinski definition) is 4. The van der Waals surface area contributed by atoms with Crippen LogP contribution < -0.4 is 5.56 Å². The zero-order valence-corrected chi connectivity index (χ0v) is 8.15. The van der Waals surface area contributed by atoms with E-state index in [4.69, 9.17) is 4.74 Å². The Labute approximate surface area is 85.4 Å². The molecule has 2 N–H and O–H groups in total. The Morgan fingerprint density at radius 3 is 3.00 bits per heavy atom. The van der Waals surface area contributed by atoms with Crippen molar-refractivity contribution in [2.24, 2.45) is 0 Å². The Hall–Kier alpha value is -1.95. The van der Waals surface area contributed by atoms with Gasteiger partial charge in [0.1, 0.15) is 0 Å². The van der Waals surface area contributed by atoms with Gasteiger partial charge in [0.25, 0.3) is 5.56 Å². The lowest BCUT2D eigenvalue weighted by Gasteiger charge is -2.00. The highest BCUT2D eigenvalue weighted by Gasteiger charge is 2.05. The third kappa shape index (κ3) is 2.10. The SMILES string of the molecule is COCc1cc(=O)[nH]c(-c2ncc[nH]2)n1. The zero-order valence-electron chi connectivity index (χ0n) is 8.15. The second kappa shape index (κ2) is 4.05. The number of nitrogens with one attached hydrogen (secondary N) is 2.